The lowest BCUT2D eigenvalue weighted by molar-refractivity contribution is 0.0601. The van der Waals surface area contributed by atoms with Crippen molar-refractivity contribution in [1.82, 2.24) is 0 Å². The van der Waals surface area contributed by atoms with Crippen LogP contribution in [0.25, 0.3) is 0 Å². The second kappa shape index (κ2) is 6.30. The van der Waals surface area contributed by atoms with Crippen LogP contribution in [0.15, 0.2) is 42.5 Å². The largest absolute Gasteiger partial charge is 0.487 e. The monoisotopic (exact) mass is 291 g/mol. The second-order valence-corrected chi connectivity index (χ2v) is 4.54. The van der Waals surface area contributed by atoms with Crippen LogP contribution in [0.2, 0.25) is 5.02 Å². The predicted molar refractivity (Wildman–Crippen MR) is 78.0 cm³/mol. The summed E-state index contributed by atoms with van der Waals surface area (Å²) in [6.07, 6.45) is 0. The van der Waals surface area contributed by atoms with Crippen molar-refractivity contribution in [3.8, 4) is 5.75 Å². The zero-order valence-corrected chi connectivity index (χ0v) is 11.7. The Morgan fingerprint density at radius 3 is 2.60 bits per heavy atom. The summed E-state index contributed by atoms with van der Waals surface area (Å²) in [6.45, 7) is 0.374. The quantitative estimate of drug-likeness (QED) is 0.693. The van der Waals surface area contributed by atoms with Crippen molar-refractivity contribution in [3.63, 3.8) is 0 Å². The maximum absolute atomic E-state index is 11.5. The molecule has 2 aromatic rings. The van der Waals surface area contributed by atoms with E-state index in [4.69, 9.17) is 22.1 Å². The number of carbonyl (C=O) groups is 1. The Balaban J connectivity index is 2.17. The van der Waals surface area contributed by atoms with Crippen molar-refractivity contribution < 1.29 is 14.3 Å². The van der Waals surface area contributed by atoms with Gasteiger partial charge in [-0.1, -0.05) is 41.9 Å². The number of nitrogen functional groups attached to an aromatic ring is 1. The number of hydrogen-bond acceptors (Lipinski definition) is 4. The Hall–Kier alpha value is -2.20. The summed E-state index contributed by atoms with van der Waals surface area (Å²) in [6, 6.07) is 12.6. The molecule has 0 unspecified atom stereocenters. The molecule has 0 aliphatic heterocycles. The molecule has 0 aromatic heterocycles. The van der Waals surface area contributed by atoms with E-state index >= 15 is 0 Å². The standard InChI is InChI=1S/C15H14ClNO3/c1-19-15(18)11-7-13(17)14(8-12(11)16)20-9-10-5-3-2-4-6-10/h2-8H,9,17H2,1H3. The third-order valence-corrected chi connectivity index (χ3v) is 3.05. The van der Waals surface area contributed by atoms with E-state index in [1.165, 1.54) is 19.2 Å². The Morgan fingerprint density at radius 1 is 1.25 bits per heavy atom. The van der Waals surface area contributed by atoms with Crippen LogP contribution in [0.4, 0.5) is 5.69 Å². The van der Waals surface area contributed by atoms with Crippen LogP contribution in [0.1, 0.15) is 15.9 Å². The number of anilines is 1. The first-order valence-corrected chi connectivity index (χ1v) is 6.33. The van der Waals surface area contributed by atoms with Crippen LogP contribution in [-0.2, 0) is 11.3 Å². The molecule has 5 heteroatoms. The summed E-state index contributed by atoms with van der Waals surface area (Å²) in [5.74, 6) is -0.0946. The van der Waals surface area contributed by atoms with Gasteiger partial charge >= 0.3 is 5.97 Å². The molecule has 4 nitrogen and oxygen atoms in total. The molecule has 0 spiro atoms. The number of carbonyl (C=O) groups excluding carboxylic acids is 1. The molecule has 104 valence electrons. The molecule has 0 atom stereocenters. The Kier molecular flexibility index (Phi) is 4.48. The van der Waals surface area contributed by atoms with Crippen LogP contribution in [0, 0.1) is 0 Å². The van der Waals surface area contributed by atoms with Gasteiger partial charge in [-0.3, -0.25) is 0 Å². The molecular weight excluding hydrogens is 278 g/mol. The van der Waals surface area contributed by atoms with Gasteiger partial charge < -0.3 is 15.2 Å². The topological polar surface area (TPSA) is 61.5 Å². The zero-order chi connectivity index (χ0) is 14.5. The van der Waals surface area contributed by atoms with E-state index in [-0.39, 0.29) is 10.6 Å². The van der Waals surface area contributed by atoms with Gasteiger partial charge in [-0.05, 0) is 11.6 Å². The number of rotatable bonds is 4. The minimum absolute atomic E-state index is 0.221. The Bertz CT molecular complexity index is 614. The number of ether oxygens (including phenoxy) is 2. The number of benzene rings is 2. The van der Waals surface area contributed by atoms with Gasteiger partial charge in [0, 0.05) is 6.07 Å². The highest BCUT2D eigenvalue weighted by Gasteiger charge is 2.14. The first kappa shape index (κ1) is 14.2. The van der Waals surface area contributed by atoms with E-state index in [0.29, 0.717) is 18.0 Å². The predicted octanol–water partition coefficient (Wildman–Crippen LogP) is 3.29. The van der Waals surface area contributed by atoms with E-state index in [1.807, 2.05) is 30.3 Å². The Morgan fingerprint density at radius 2 is 1.95 bits per heavy atom. The molecule has 0 aliphatic rings. The lowest BCUT2D eigenvalue weighted by Gasteiger charge is -2.11. The number of hydrogen-bond donors (Lipinski definition) is 1. The normalized spacial score (nSPS) is 10.1. The minimum atomic E-state index is -0.531. The first-order valence-electron chi connectivity index (χ1n) is 5.96. The van der Waals surface area contributed by atoms with Gasteiger partial charge in [-0.15, -0.1) is 0 Å². The van der Waals surface area contributed by atoms with Crippen LogP contribution >= 0.6 is 11.6 Å². The summed E-state index contributed by atoms with van der Waals surface area (Å²) in [7, 11) is 1.29. The maximum atomic E-state index is 11.5. The Labute approximate surface area is 122 Å². The zero-order valence-electron chi connectivity index (χ0n) is 10.9. The van der Waals surface area contributed by atoms with Gasteiger partial charge in [0.25, 0.3) is 0 Å². The highest BCUT2D eigenvalue weighted by atomic mass is 35.5. The summed E-state index contributed by atoms with van der Waals surface area (Å²) in [5.41, 5.74) is 7.43. The minimum Gasteiger partial charge on any atom is -0.487 e. The van der Waals surface area contributed by atoms with E-state index in [2.05, 4.69) is 4.74 Å². The van der Waals surface area contributed by atoms with Gasteiger partial charge in [0.2, 0.25) is 0 Å². The molecule has 0 fully saturated rings. The molecule has 0 heterocycles. The molecule has 0 saturated heterocycles. The van der Waals surface area contributed by atoms with Gasteiger partial charge in [-0.2, -0.15) is 0 Å². The van der Waals surface area contributed by atoms with Crippen molar-refractivity contribution in [3.05, 3.63) is 58.6 Å². The van der Waals surface area contributed by atoms with Crippen molar-refractivity contribution in [2.45, 2.75) is 6.61 Å². The molecule has 0 radical (unpaired) electrons. The van der Waals surface area contributed by atoms with E-state index in [9.17, 15) is 4.79 Å². The highest BCUT2D eigenvalue weighted by molar-refractivity contribution is 6.33. The molecular formula is C15H14ClNO3. The second-order valence-electron chi connectivity index (χ2n) is 4.14. The summed E-state index contributed by atoms with van der Waals surface area (Å²) < 4.78 is 10.2. The molecule has 2 N–H and O–H groups in total. The van der Waals surface area contributed by atoms with Crippen LogP contribution in [0.5, 0.6) is 5.75 Å². The SMILES string of the molecule is COC(=O)c1cc(N)c(OCc2ccccc2)cc1Cl. The lowest BCUT2D eigenvalue weighted by atomic mass is 10.2. The molecule has 2 aromatic carbocycles. The van der Waals surface area contributed by atoms with Gasteiger partial charge in [0.05, 0.1) is 23.4 Å². The van der Waals surface area contributed by atoms with E-state index in [0.717, 1.165) is 5.56 Å². The van der Waals surface area contributed by atoms with Crippen LogP contribution in [0.3, 0.4) is 0 Å². The molecule has 0 saturated carbocycles. The molecule has 20 heavy (non-hydrogen) atoms. The van der Waals surface area contributed by atoms with Crippen LogP contribution in [-0.4, -0.2) is 13.1 Å². The average molecular weight is 292 g/mol. The average Bonchev–Trinajstić information content (AvgIpc) is 2.48. The first-order chi connectivity index (χ1) is 9.61. The van der Waals surface area contributed by atoms with Crippen molar-refractivity contribution in [2.24, 2.45) is 0 Å². The van der Waals surface area contributed by atoms with Gasteiger partial charge in [0.15, 0.2) is 0 Å². The summed E-state index contributed by atoms with van der Waals surface area (Å²) in [5, 5.41) is 0.245. The van der Waals surface area contributed by atoms with E-state index in [1.54, 1.807) is 0 Å². The fraction of sp³-hybridized carbons (Fsp3) is 0.133. The molecule has 0 amide bonds. The van der Waals surface area contributed by atoms with Crippen molar-refractivity contribution in [1.29, 1.82) is 0 Å². The van der Waals surface area contributed by atoms with Gasteiger partial charge in [0.1, 0.15) is 12.4 Å². The molecule has 0 bridgehead atoms. The third kappa shape index (κ3) is 3.22. The molecule has 2 rings (SSSR count). The molecule has 0 aliphatic carbocycles. The van der Waals surface area contributed by atoms with E-state index < -0.39 is 5.97 Å². The fourth-order valence-corrected chi connectivity index (χ4v) is 1.93. The number of nitrogens with two attached hydrogens (primary N) is 1. The number of methoxy groups -OCH3 is 1. The summed E-state index contributed by atoms with van der Waals surface area (Å²) in [4.78, 5) is 11.5. The number of esters is 1. The van der Waals surface area contributed by atoms with Crippen molar-refractivity contribution in [2.75, 3.05) is 12.8 Å². The fourth-order valence-electron chi connectivity index (χ4n) is 1.70. The highest BCUT2D eigenvalue weighted by Crippen LogP contribution is 2.30. The maximum Gasteiger partial charge on any atom is 0.339 e. The smallest absolute Gasteiger partial charge is 0.339 e. The van der Waals surface area contributed by atoms with Crippen molar-refractivity contribution >= 4 is 23.3 Å². The van der Waals surface area contributed by atoms with Crippen LogP contribution < -0.4 is 10.5 Å². The number of halogens is 1. The lowest BCUT2D eigenvalue weighted by Crippen LogP contribution is -2.05. The summed E-state index contributed by atoms with van der Waals surface area (Å²) >= 11 is 6.02. The van der Waals surface area contributed by atoms with Gasteiger partial charge in [-0.25, -0.2) is 4.79 Å². The third-order valence-electron chi connectivity index (χ3n) is 2.74.